The molecule has 450 valence electrons. The predicted molar refractivity (Wildman–Crippen MR) is 377 cm³/mol. The van der Waals surface area contributed by atoms with Gasteiger partial charge in [0.25, 0.3) is 0 Å². The van der Waals surface area contributed by atoms with Crippen molar-refractivity contribution < 1.29 is 38.1 Å². The van der Waals surface area contributed by atoms with Crippen molar-refractivity contribution in [2.45, 2.75) is 27.7 Å². The fourth-order valence-corrected chi connectivity index (χ4v) is 11.6. The highest BCUT2D eigenvalue weighted by Gasteiger charge is 2.22. The van der Waals surface area contributed by atoms with Crippen molar-refractivity contribution in [1.29, 1.82) is 0 Å². The Morgan fingerprint density at radius 3 is 0.565 bits per heavy atom. The third-order valence-corrected chi connectivity index (χ3v) is 16.3. The Balaban J connectivity index is 0.970. The second-order valence-corrected chi connectivity index (χ2v) is 22.2. The molecular formula is C84H66O8. The lowest BCUT2D eigenvalue weighted by molar-refractivity contribution is 0.0516. The third kappa shape index (κ3) is 13.6. The molecule has 0 heterocycles. The maximum absolute atomic E-state index is 12.3. The number of hydrogen-bond donors (Lipinski definition) is 0. The van der Waals surface area contributed by atoms with Crippen molar-refractivity contribution in [3.8, 4) is 44.5 Å². The van der Waals surface area contributed by atoms with Crippen LogP contribution in [-0.2, 0) is 18.9 Å². The molecule has 12 rings (SSSR count). The normalized spacial score (nSPS) is 11.7. The molecule has 0 aliphatic heterocycles. The van der Waals surface area contributed by atoms with Crippen LogP contribution in [0.1, 0.15) is 114 Å². The number of hydrogen-bond acceptors (Lipinski definition) is 8. The highest BCUT2D eigenvalue weighted by Crippen LogP contribution is 2.49. The summed E-state index contributed by atoms with van der Waals surface area (Å²) < 4.78 is 20.8. The van der Waals surface area contributed by atoms with Crippen LogP contribution in [0.3, 0.4) is 0 Å². The van der Waals surface area contributed by atoms with Gasteiger partial charge in [-0.25, -0.2) is 19.2 Å². The third-order valence-electron chi connectivity index (χ3n) is 16.3. The second kappa shape index (κ2) is 27.9. The zero-order valence-corrected chi connectivity index (χ0v) is 51.7. The van der Waals surface area contributed by atoms with Crippen LogP contribution < -0.4 is 0 Å². The average molecular weight is 1200 g/mol. The quantitative estimate of drug-likeness (QED) is 0.0322. The van der Waals surface area contributed by atoms with Crippen LogP contribution in [0.2, 0.25) is 0 Å². The van der Waals surface area contributed by atoms with Gasteiger partial charge >= 0.3 is 23.9 Å². The summed E-state index contributed by atoms with van der Waals surface area (Å²) >= 11 is 0. The minimum Gasteiger partial charge on any atom is -0.462 e. The Bertz CT molecular complexity index is 4160. The summed E-state index contributed by atoms with van der Waals surface area (Å²) in [6, 6.07) is 78.4. The van der Waals surface area contributed by atoms with Crippen LogP contribution in [0.25, 0.3) is 125 Å². The molecule has 0 aliphatic rings. The van der Waals surface area contributed by atoms with Gasteiger partial charge in [-0.15, -0.1) is 0 Å². The molecule has 0 radical (unpaired) electrons. The first-order valence-electron chi connectivity index (χ1n) is 31.1. The molecule has 12 aromatic carbocycles. The molecule has 0 atom stereocenters. The fraction of sp³-hybridized carbons (Fsp3) is 0.0952. The Labute approximate surface area is 536 Å². The molecule has 0 aromatic heterocycles. The highest BCUT2D eigenvalue weighted by atomic mass is 16.5. The van der Waals surface area contributed by atoms with Gasteiger partial charge in [0.15, 0.2) is 0 Å². The van der Waals surface area contributed by atoms with Gasteiger partial charge in [-0.05, 0) is 210 Å². The van der Waals surface area contributed by atoms with Crippen LogP contribution in [0.5, 0.6) is 0 Å². The van der Waals surface area contributed by atoms with E-state index in [1.54, 1.807) is 76.2 Å². The Morgan fingerprint density at radius 1 is 0.239 bits per heavy atom. The van der Waals surface area contributed by atoms with E-state index in [0.29, 0.717) is 48.7 Å². The zero-order valence-electron chi connectivity index (χ0n) is 51.7. The van der Waals surface area contributed by atoms with Crippen LogP contribution in [0.15, 0.2) is 231 Å². The van der Waals surface area contributed by atoms with E-state index in [1.165, 1.54) is 10.8 Å². The fourth-order valence-electron chi connectivity index (χ4n) is 11.6. The van der Waals surface area contributed by atoms with E-state index in [2.05, 4.69) is 158 Å². The van der Waals surface area contributed by atoms with E-state index >= 15 is 0 Å². The largest absolute Gasteiger partial charge is 0.462 e. The van der Waals surface area contributed by atoms with Gasteiger partial charge in [0.1, 0.15) is 0 Å². The molecule has 0 saturated carbocycles. The summed E-state index contributed by atoms with van der Waals surface area (Å²) in [5, 5.41) is 6.88. The van der Waals surface area contributed by atoms with Crippen LogP contribution in [0.4, 0.5) is 0 Å². The summed E-state index contributed by atoms with van der Waals surface area (Å²) in [4.78, 5) is 49.4. The Kier molecular flexibility index (Phi) is 18.4. The first kappa shape index (κ1) is 60.8. The maximum Gasteiger partial charge on any atom is 0.338 e. The molecule has 0 unspecified atom stereocenters. The SMILES string of the molecule is CCOC(=O)c1ccc(/C=C/c2ccc(-c3cc(-c4ccc(/C=C/c5ccc(C(=O)OCC)cc5)cc4)c4ccc5c(-c6ccc(/C=C/c7ccc(C(=O)OCC)cc7)cc6)cc(-c6ccc(/C=C/c7ccc(C(=O)OCC)cc7)cc6)c6ccc3c4c65)cc2)cc1. The van der Waals surface area contributed by atoms with Crippen molar-refractivity contribution in [2.75, 3.05) is 26.4 Å². The molecule has 92 heavy (non-hydrogen) atoms. The Morgan fingerprint density at radius 2 is 0.402 bits per heavy atom. The number of esters is 4. The molecule has 0 aliphatic carbocycles. The minimum absolute atomic E-state index is 0.323. The lowest BCUT2D eigenvalue weighted by atomic mass is 9.81. The van der Waals surface area contributed by atoms with E-state index in [1.807, 2.05) is 72.8 Å². The smallest absolute Gasteiger partial charge is 0.338 e. The summed E-state index contributed by atoms with van der Waals surface area (Å²) in [5.41, 5.74) is 18.8. The average Bonchev–Trinajstić information content (AvgIpc) is 0.744. The van der Waals surface area contributed by atoms with Gasteiger partial charge in [0.05, 0.1) is 48.7 Å². The van der Waals surface area contributed by atoms with E-state index in [9.17, 15) is 19.2 Å². The molecule has 0 N–H and O–H groups in total. The van der Waals surface area contributed by atoms with Crippen molar-refractivity contribution >= 4 is 105 Å². The Hall–Kier alpha value is -11.5. The molecule has 8 heteroatoms. The van der Waals surface area contributed by atoms with E-state index < -0.39 is 0 Å². The van der Waals surface area contributed by atoms with Crippen molar-refractivity contribution in [3.05, 3.63) is 297 Å². The number of carbonyl (C=O) groups is 4. The van der Waals surface area contributed by atoms with Gasteiger partial charge < -0.3 is 18.9 Å². The summed E-state index contributed by atoms with van der Waals surface area (Å²) in [5.74, 6) is -1.34. The van der Waals surface area contributed by atoms with Gasteiger partial charge in [-0.1, -0.05) is 218 Å². The van der Waals surface area contributed by atoms with Crippen LogP contribution in [0, 0.1) is 0 Å². The molecule has 8 nitrogen and oxygen atoms in total. The summed E-state index contributed by atoms with van der Waals surface area (Å²) in [6.07, 6.45) is 16.5. The van der Waals surface area contributed by atoms with Gasteiger partial charge in [0.2, 0.25) is 0 Å². The van der Waals surface area contributed by atoms with Crippen molar-refractivity contribution in [2.24, 2.45) is 0 Å². The summed E-state index contributed by atoms with van der Waals surface area (Å²) in [7, 11) is 0. The second-order valence-electron chi connectivity index (χ2n) is 22.2. The molecule has 0 fully saturated rings. The maximum atomic E-state index is 12.3. The lowest BCUT2D eigenvalue weighted by Crippen LogP contribution is -2.03. The van der Waals surface area contributed by atoms with Crippen LogP contribution in [-0.4, -0.2) is 50.3 Å². The van der Waals surface area contributed by atoms with E-state index in [0.717, 1.165) is 111 Å². The standard InChI is InChI=1S/C84H66O8/c1-5-89-81(85)67-41-25-59(26-42-67)13-9-55-17-33-63(34-18-55)75-53-76(64-35-19-56(20-36-64)10-14-60-27-43-68(44-28-60)82(86)90-6-2)72-51-52-74-78(66-39-23-58(24-40-66)12-16-62-31-47-70(48-32-62)84(88)92-8-4)54-77(73-50-49-71(75)79(72)80(73)74)65-37-21-57(22-38-65)11-15-61-29-45-69(46-30-61)83(87)91-7-3/h9-54H,5-8H2,1-4H3/b13-9+,14-10+,15-11+,16-12+. The topological polar surface area (TPSA) is 105 Å². The van der Waals surface area contributed by atoms with Gasteiger partial charge in [-0.2, -0.15) is 0 Å². The first-order valence-corrected chi connectivity index (χ1v) is 31.1. The van der Waals surface area contributed by atoms with E-state index in [4.69, 9.17) is 18.9 Å². The lowest BCUT2D eigenvalue weighted by Gasteiger charge is -2.21. The molecule has 0 spiro atoms. The predicted octanol–water partition coefficient (Wildman–Crippen LogP) is 20.6. The molecule has 0 saturated heterocycles. The number of benzene rings is 12. The van der Waals surface area contributed by atoms with Crippen molar-refractivity contribution in [3.63, 3.8) is 0 Å². The molecule has 0 bridgehead atoms. The monoisotopic (exact) mass is 1200 g/mol. The zero-order chi connectivity index (χ0) is 63.5. The first-order chi connectivity index (χ1) is 45.0. The molecule has 12 aromatic rings. The van der Waals surface area contributed by atoms with Gasteiger partial charge in [-0.3, -0.25) is 0 Å². The highest BCUT2D eigenvalue weighted by molar-refractivity contribution is 6.32. The van der Waals surface area contributed by atoms with Gasteiger partial charge in [0, 0.05) is 0 Å². The van der Waals surface area contributed by atoms with Crippen LogP contribution >= 0.6 is 0 Å². The molecular weight excluding hydrogens is 1140 g/mol. The molecule has 0 amide bonds. The number of carbonyl (C=O) groups excluding carboxylic acids is 4. The minimum atomic E-state index is -0.334. The number of rotatable bonds is 20. The van der Waals surface area contributed by atoms with E-state index in [-0.39, 0.29) is 23.9 Å². The number of ether oxygens (including phenoxy) is 4. The summed E-state index contributed by atoms with van der Waals surface area (Å²) in [6.45, 7) is 8.50. The van der Waals surface area contributed by atoms with Crippen molar-refractivity contribution in [1.82, 2.24) is 0 Å².